The average molecular weight is 944 g/mol. The molecule has 1 fully saturated rings. The Balaban J connectivity index is 2.92. The van der Waals surface area contributed by atoms with Gasteiger partial charge in [-0.25, -0.2) is 0 Å². The molecular formula is C48H86N4O14. The number of primary amides is 1. The van der Waals surface area contributed by atoms with Crippen molar-refractivity contribution < 1.29 is 68.9 Å². The first-order chi connectivity index (χ1) is 32.0. The number of carbonyl (C=O) groups excluding carboxylic acids is 7. The van der Waals surface area contributed by atoms with E-state index in [1.54, 1.807) is 0 Å². The van der Waals surface area contributed by atoms with Crippen LogP contribution in [0.1, 0.15) is 195 Å². The molecule has 0 spiro atoms. The van der Waals surface area contributed by atoms with E-state index in [1.165, 1.54) is 90.9 Å². The molecule has 9 atom stereocenters. The van der Waals surface area contributed by atoms with Gasteiger partial charge in [0.05, 0.1) is 13.5 Å². The van der Waals surface area contributed by atoms with Crippen LogP contribution in [0.5, 0.6) is 0 Å². The van der Waals surface area contributed by atoms with Gasteiger partial charge in [0.2, 0.25) is 23.6 Å². The lowest BCUT2D eigenvalue weighted by Crippen LogP contribution is -2.66. The molecular weight excluding hydrogens is 857 g/mol. The van der Waals surface area contributed by atoms with Crippen molar-refractivity contribution in [2.75, 3.05) is 13.7 Å². The van der Waals surface area contributed by atoms with E-state index in [-0.39, 0.29) is 37.0 Å². The molecule has 4 amide bonds. The fourth-order valence-corrected chi connectivity index (χ4v) is 7.70. The third kappa shape index (κ3) is 27.1. The van der Waals surface area contributed by atoms with E-state index in [0.29, 0.717) is 12.8 Å². The summed E-state index contributed by atoms with van der Waals surface area (Å²) in [6.07, 6.45) is 13.7. The fraction of sp³-hybridized carbons (Fsp3) is 0.854. The van der Waals surface area contributed by atoms with Crippen LogP contribution in [0.4, 0.5) is 0 Å². The smallest absolute Gasteiger partial charge is 0.309 e. The molecule has 1 rings (SSSR count). The number of esters is 3. The number of rotatable bonds is 38. The number of aliphatic hydroxyl groups excluding tert-OH is 2. The van der Waals surface area contributed by atoms with Crippen LogP contribution < -0.4 is 21.7 Å². The Labute approximate surface area is 395 Å². The highest BCUT2D eigenvalue weighted by molar-refractivity contribution is 5.92. The predicted molar refractivity (Wildman–Crippen MR) is 247 cm³/mol. The monoisotopic (exact) mass is 944 g/mol. The van der Waals surface area contributed by atoms with Gasteiger partial charge in [0.25, 0.3) is 0 Å². The van der Waals surface area contributed by atoms with Crippen molar-refractivity contribution in [3.63, 3.8) is 0 Å². The van der Waals surface area contributed by atoms with Crippen molar-refractivity contribution in [2.45, 2.75) is 250 Å². The van der Waals surface area contributed by atoms with Crippen molar-refractivity contribution in [3.05, 3.63) is 0 Å². The molecule has 1 aliphatic rings. The van der Waals surface area contributed by atoms with Crippen molar-refractivity contribution in [1.82, 2.24) is 15.9 Å². The predicted octanol–water partition coefficient (Wildman–Crippen LogP) is 5.24. The summed E-state index contributed by atoms with van der Waals surface area (Å²) >= 11 is 0. The minimum Gasteiger partial charge on any atom is -0.469 e. The van der Waals surface area contributed by atoms with Crippen LogP contribution in [0.3, 0.4) is 0 Å². The zero-order valence-corrected chi connectivity index (χ0v) is 40.9. The van der Waals surface area contributed by atoms with Crippen LogP contribution in [0.25, 0.3) is 0 Å². The zero-order valence-electron chi connectivity index (χ0n) is 41.9. The van der Waals surface area contributed by atoms with Gasteiger partial charge in [0.1, 0.15) is 55.3 Å². The molecule has 1 saturated heterocycles. The van der Waals surface area contributed by atoms with Gasteiger partial charge in [-0.1, -0.05) is 129 Å². The number of hydrogen-bond acceptors (Lipinski definition) is 14. The van der Waals surface area contributed by atoms with Crippen molar-refractivity contribution in [3.8, 4) is 0 Å². The summed E-state index contributed by atoms with van der Waals surface area (Å²) in [6.45, 7) is 7.38. The summed E-state index contributed by atoms with van der Waals surface area (Å²) in [6, 6.07) is -4.24. The molecule has 382 valence electrons. The molecule has 18 heteroatoms. The van der Waals surface area contributed by atoms with E-state index >= 15 is 0 Å². The lowest BCUT2D eigenvalue weighted by molar-refractivity contribution is -0.267. The lowest BCUT2D eigenvalue weighted by atomic mass is 9.96. The highest BCUT2D eigenvalue weighted by Crippen LogP contribution is 2.25. The molecule has 1 aliphatic heterocycles. The summed E-state index contributed by atoms with van der Waals surface area (Å²) in [4.78, 5) is 88.1. The minimum absolute atomic E-state index is 0.191. The maximum Gasteiger partial charge on any atom is 0.309 e. The Morgan fingerprint density at radius 3 is 1.76 bits per heavy atom. The van der Waals surface area contributed by atoms with Gasteiger partial charge in [-0.15, -0.1) is 0 Å². The van der Waals surface area contributed by atoms with Gasteiger partial charge in [-0.2, -0.15) is 0 Å². The normalized spacial score (nSPS) is 20.2. The number of unbranched alkanes of at least 4 members (excludes halogenated alkanes) is 18. The van der Waals surface area contributed by atoms with E-state index in [0.717, 1.165) is 59.0 Å². The summed E-state index contributed by atoms with van der Waals surface area (Å²) in [5.41, 5.74) is 5.36. The minimum atomic E-state index is -1.81. The summed E-state index contributed by atoms with van der Waals surface area (Å²) in [5.74, 6) is -5.39. The Morgan fingerprint density at radius 2 is 1.24 bits per heavy atom. The number of ether oxygens (including phenoxy) is 5. The first-order valence-electron chi connectivity index (χ1n) is 25.2. The number of hydrogen-bond donors (Lipinski definition) is 6. The van der Waals surface area contributed by atoms with Gasteiger partial charge in [0.15, 0.2) is 7.70 Å². The third-order valence-corrected chi connectivity index (χ3v) is 11.7. The Morgan fingerprint density at radius 1 is 0.712 bits per heavy atom. The molecule has 18 nitrogen and oxygen atoms in total. The molecule has 0 aromatic rings. The van der Waals surface area contributed by atoms with E-state index in [9.17, 15) is 43.8 Å². The van der Waals surface area contributed by atoms with Crippen LogP contribution in [0.2, 0.25) is 1.41 Å². The van der Waals surface area contributed by atoms with Crippen molar-refractivity contribution >= 4 is 41.5 Å². The van der Waals surface area contributed by atoms with Crippen LogP contribution in [0, 0.1) is 0 Å². The molecule has 66 heavy (non-hydrogen) atoms. The van der Waals surface area contributed by atoms with E-state index < -0.39 is 97.1 Å². The van der Waals surface area contributed by atoms with Gasteiger partial charge in [0, 0.05) is 19.8 Å². The largest absolute Gasteiger partial charge is 0.469 e. The number of methoxy groups -OCH3 is 1. The Hall–Kier alpha value is -3.87. The topological polar surface area (TPSA) is 268 Å². The molecule has 0 radical (unpaired) electrons. The van der Waals surface area contributed by atoms with Crippen molar-refractivity contribution in [2.24, 2.45) is 5.73 Å². The first-order valence-corrected chi connectivity index (χ1v) is 24.7. The maximum atomic E-state index is 13.4. The lowest BCUT2D eigenvalue weighted by Gasteiger charge is -2.43. The number of carbonyl (C=O) groups is 7. The number of aliphatic hydroxyl groups is 2. The number of nitrogens with two attached hydrogens (primary N) is 1. The average Bonchev–Trinajstić information content (AvgIpc) is 3.29. The Kier molecular flexibility index (Phi) is 32.0. The summed E-state index contributed by atoms with van der Waals surface area (Å²) in [7, 11) is 1.15. The van der Waals surface area contributed by atoms with Crippen LogP contribution in [0.15, 0.2) is 0 Å². The molecule has 1 unspecified atom stereocenters. The molecule has 0 bridgehead atoms. The summed E-state index contributed by atoms with van der Waals surface area (Å²) in [5, 5.41) is 27.4. The first kappa shape index (κ1) is 58.3. The quantitative estimate of drug-likeness (QED) is 0.0263. The summed E-state index contributed by atoms with van der Waals surface area (Å²) < 4.78 is 35.6. The third-order valence-electron chi connectivity index (χ3n) is 11.7. The Bertz CT molecular complexity index is 1460. The zero-order chi connectivity index (χ0) is 50.1. The molecule has 0 aliphatic carbocycles. The van der Waals surface area contributed by atoms with E-state index in [4.69, 9.17) is 26.1 Å². The van der Waals surface area contributed by atoms with Crippen LogP contribution in [-0.4, -0.2) is 120 Å². The fourth-order valence-electron chi connectivity index (χ4n) is 7.70. The second-order valence-electron chi connectivity index (χ2n) is 17.6. The van der Waals surface area contributed by atoms with E-state index in [1.807, 2.05) is 0 Å². The highest BCUT2D eigenvalue weighted by atomic mass is 16.6. The number of amides is 4. The molecule has 1 heterocycles. The van der Waals surface area contributed by atoms with Gasteiger partial charge < -0.3 is 55.6 Å². The van der Waals surface area contributed by atoms with Crippen LogP contribution in [-0.2, 0) is 57.2 Å². The molecule has 0 aromatic carbocycles. The van der Waals surface area contributed by atoms with Crippen molar-refractivity contribution in [1.29, 1.82) is 0 Å². The second kappa shape index (κ2) is 36.2. The van der Waals surface area contributed by atoms with E-state index in [2.05, 4.69) is 29.2 Å². The molecule has 7 N–H and O–H groups in total. The van der Waals surface area contributed by atoms with Gasteiger partial charge in [-0.05, 0) is 39.5 Å². The standard InChI is InChI=1S/C48H86N4O14/c1-7-9-11-13-15-17-18-20-22-24-26-28-40(55)65-36(27-25-23-21-19-16-14-12-10-8-2)31-41(56)63-32-38-43(57)44(42(48(61)66-38)51-35(5)53)64-34(4)47(60)50-33(3)46(59)52-37(45(49)58)29-30-39(54)62-6/h33-34,36-38,42-44,48,57,61H,7-32H2,1-6H3,(H2,49,58)(H,50,60)(H,51,53)(H,52,59)/t33-,34+,36+,37-,38+,42+,43+,44+,48?/m0/s1/i/hD. The van der Waals surface area contributed by atoms with Crippen LogP contribution >= 0.6 is 0 Å². The molecule has 0 saturated carbocycles. The molecule has 0 aromatic heterocycles. The number of nitrogens with one attached hydrogen (secondary N) is 3. The SMILES string of the molecule is [2H]N(C(=O)[C@@H](C)O[C@H]1[C@H](O)[C@@H](COC(=O)C[C@@H](CCCCCCCCCCC)OC(=O)CCCCCCCCCCCCC)OC(O)[C@@H]1NC(C)=O)[C@@H](C)C(=O)N[C@@H](CCC(=O)OC)C(N)=O. The highest BCUT2D eigenvalue weighted by Gasteiger charge is 2.47. The van der Waals surface area contributed by atoms with Gasteiger partial charge >= 0.3 is 17.9 Å². The second-order valence-corrected chi connectivity index (χ2v) is 17.6. The van der Waals surface area contributed by atoms with Gasteiger partial charge in [-0.3, -0.25) is 33.6 Å². The maximum absolute atomic E-state index is 13.4.